The molecule has 0 saturated carbocycles. The van der Waals surface area contributed by atoms with Crippen molar-refractivity contribution in [2.45, 2.75) is 32.3 Å². The lowest BCUT2D eigenvalue weighted by Crippen LogP contribution is -2.18. The summed E-state index contributed by atoms with van der Waals surface area (Å²) in [6.45, 7) is 4.10. The van der Waals surface area contributed by atoms with Crippen molar-refractivity contribution in [2.24, 2.45) is 0 Å². The maximum absolute atomic E-state index is 5.81. The molecule has 0 aliphatic carbocycles. The molecule has 0 amide bonds. The van der Waals surface area contributed by atoms with Gasteiger partial charge in [0.05, 0.1) is 6.10 Å². The van der Waals surface area contributed by atoms with Crippen LogP contribution in [0.3, 0.4) is 0 Å². The van der Waals surface area contributed by atoms with Gasteiger partial charge in [0.1, 0.15) is 6.61 Å². The first-order valence-electron chi connectivity index (χ1n) is 6.17. The Hall–Kier alpha value is -1.14. The Morgan fingerprint density at radius 3 is 3.06 bits per heavy atom. The first-order valence-corrected chi connectivity index (χ1v) is 6.55. The van der Waals surface area contributed by atoms with Crippen LogP contribution in [-0.4, -0.2) is 40.8 Å². The fourth-order valence-corrected chi connectivity index (χ4v) is 1.81. The lowest BCUT2D eigenvalue weighted by molar-refractivity contribution is 0.0645. The van der Waals surface area contributed by atoms with Crippen LogP contribution < -0.4 is 10.1 Å². The van der Waals surface area contributed by atoms with Gasteiger partial charge in [0, 0.05) is 13.2 Å². The summed E-state index contributed by atoms with van der Waals surface area (Å²) in [5.41, 5.74) is 0. The first-order chi connectivity index (χ1) is 8.78. The van der Waals surface area contributed by atoms with Crippen molar-refractivity contribution < 1.29 is 9.47 Å². The van der Waals surface area contributed by atoms with Crippen molar-refractivity contribution in [3.05, 3.63) is 5.28 Å². The number of rotatable bonds is 6. The third-order valence-electron chi connectivity index (χ3n) is 2.54. The van der Waals surface area contributed by atoms with Crippen LogP contribution in [0.1, 0.15) is 26.2 Å². The lowest BCUT2D eigenvalue weighted by Gasteiger charge is -2.10. The van der Waals surface area contributed by atoms with E-state index in [4.69, 9.17) is 21.1 Å². The van der Waals surface area contributed by atoms with E-state index in [1.165, 1.54) is 0 Å². The summed E-state index contributed by atoms with van der Waals surface area (Å²) < 4.78 is 10.9. The maximum atomic E-state index is 5.81. The highest BCUT2D eigenvalue weighted by Gasteiger charge is 2.17. The third kappa shape index (κ3) is 3.96. The van der Waals surface area contributed by atoms with E-state index in [2.05, 4.69) is 27.2 Å². The largest absolute Gasteiger partial charge is 0.461 e. The van der Waals surface area contributed by atoms with Crippen LogP contribution in [0.25, 0.3) is 0 Å². The van der Waals surface area contributed by atoms with Crippen LogP contribution in [-0.2, 0) is 4.74 Å². The molecule has 0 aromatic carbocycles. The van der Waals surface area contributed by atoms with Crippen LogP contribution in [0.4, 0.5) is 5.95 Å². The zero-order chi connectivity index (χ0) is 12.8. The van der Waals surface area contributed by atoms with E-state index in [1.807, 2.05) is 0 Å². The van der Waals surface area contributed by atoms with Gasteiger partial charge in [0.15, 0.2) is 0 Å². The topological polar surface area (TPSA) is 69.2 Å². The van der Waals surface area contributed by atoms with Gasteiger partial charge in [-0.05, 0) is 30.9 Å². The van der Waals surface area contributed by atoms with Crippen molar-refractivity contribution in [3.63, 3.8) is 0 Å². The molecule has 1 aromatic rings. The number of nitrogens with one attached hydrogen (secondary N) is 1. The van der Waals surface area contributed by atoms with E-state index in [0.29, 0.717) is 12.6 Å². The zero-order valence-electron chi connectivity index (χ0n) is 10.4. The number of halogens is 1. The highest BCUT2D eigenvalue weighted by atomic mass is 35.5. The molecule has 0 radical (unpaired) electrons. The minimum absolute atomic E-state index is 0.131. The fourth-order valence-electron chi connectivity index (χ4n) is 1.66. The normalized spacial score (nSPS) is 18.9. The van der Waals surface area contributed by atoms with Gasteiger partial charge in [-0.15, -0.1) is 0 Å². The van der Waals surface area contributed by atoms with Crippen LogP contribution in [0.5, 0.6) is 6.01 Å². The second-order valence-electron chi connectivity index (χ2n) is 4.08. The molecule has 1 aliphatic heterocycles. The van der Waals surface area contributed by atoms with Crippen LogP contribution >= 0.6 is 11.6 Å². The summed E-state index contributed by atoms with van der Waals surface area (Å²) in [4.78, 5) is 12.0. The molecule has 7 heteroatoms. The molecule has 2 rings (SSSR count). The quantitative estimate of drug-likeness (QED) is 0.853. The van der Waals surface area contributed by atoms with Gasteiger partial charge in [0.2, 0.25) is 11.2 Å². The average Bonchev–Trinajstić information content (AvgIpc) is 2.86. The molecule has 1 atom stereocenters. The number of hydrogen-bond acceptors (Lipinski definition) is 6. The number of hydrogen-bond donors (Lipinski definition) is 1. The molecule has 6 nitrogen and oxygen atoms in total. The Balaban J connectivity index is 1.91. The van der Waals surface area contributed by atoms with Crippen LogP contribution in [0.15, 0.2) is 0 Å². The third-order valence-corrected chi connectivity index (χ3v) is 2.71. The highest BCUT2D eigenvalue weighted by Crippen LogP contribution is 2.15. The smallest absolute Gasteiger partial charge is 0.322 e. The molecule has 0 bridgehead atoms. The van der Waals surface area contributed by atoms with E-state index < -0.39 is 0 Å². The molecular formula is C11H17ClN4O2. The first kappa shape index (κ1) is 13.3. The molecule has 1 unspecified atom stereocenters. The van der Waals surface area contributed by atoms with Gasteiger partial charge in [-0.3, -0.25) is 0 Å². The summed E-state index contributed by atoms with van der Waals surface area (Å²) in [5.74, 6) is 0.444. The standard InChI is InChI=1S/C11H17ClN4O2/c1-2-5-13-10-14-9(12)15-11(16-10)18-7-8-4-3-6-17-8/h8H,2-7H2,1H3,(H,13,14,15,16). The molecule has 2 heterocycles. The predicted molar refractivity (Wildman–Crippen MR) is 68.1 cm³/mol. The minimum Gasteiger partial charge on any atom is -0.461 e. The van der Waals surface area contributed by atoms with Gasteiger partial charge in [0.25, 0.3) is 0 Å². The highest BCUT2D eigenvalue weighted by molar-refractivity contribution is 6.28. The summed E-state index contributed by atoms with van der Waals surface area (Å²) in [7, 11) is 0. The molecule has 1 saturated heterocycles. The van der Waals surface area contributed by atoms with Crippen molar-refractivity contribution in [1.29, 1.82) is 0 Å². The minimum atomic E-state index is 0.131. The second kappa shape index (κ2) is 6.70. The molecular weight excluding hydrogens is 256 g/mol. The van der Waals surface area contributed by atoms with E-state index in [0.717, 1.165) is 32.4 Å². The Morgan fingerprint density at radius 1 is 1.44 bits per heavy atom. The summed E-state index contributed by atoms with van der Waals surface area (Å²) in [5, 5.41) is 3.18. The van der Waals surface area contributed by atoms with E-state index in [9.17, 15) is 0 Å². The summed E-state index contributed by atoms with van der Waals surface area (Å²) in [6, 6.07) is 0.240. The molecule has 100 valence electrons. The van der Waals surface area contributed by atoms with Crippen molar-refractivity contribution in [1.82, 2.24) is 15.0 Å². The van der Waals surface area contributed by atoms with E-state index in [-0.39, 0.29) is 17.4 Å². The van der Waals surface area contributed by atoms with E-state index >= 15 is 0 Å². The van der Waals surface area contributed by atoms with Crippen molar-refractivity contribution in [3.8, 4) is 6.01 Å². The Kier molecular flexibility index (Phi) is 4.95. The Morgan fingerprint density at radius 2 is 2.33 bits per heavy atom. The number of ether oxygens (including phenoxy) is 2. The van der Waals surface area contributed by atoms with Gasteiger partial charge < -0.3 is 14.8 Å². The van der Waals surface area contributed by atoms with Gasteiger partial charge in [-0.25, -0.2) is 0 Å². The fraction of sp³-hybridized carbons (Fsp3) is 0.727. The molecule has 18 heavy (non-hydrogen) atoms. The number of anilines is 1. The van der Waals surface area contributed by atoms with Crippen molar-refractivity contribution in [2.75, 3.05) is 25.1 Å². The SMILES string of the molecule is CCCNc1nc(Cl)nc(OCC2CCCO2)n1. The van der Waals surface area contributed by atoms with Crippen molar-refractivity contribution >= 4 is 17.5 Å². The molecule has 1 aromatic heterocycles. The zero-order valence-corrected chi connectivity index (χ0v) is 11.1. The monoisotopic (exact) mass is 272 g/mol. The predicted octanol–water partition coefficient (Wildman–Crippen LogP) is 1.90. The second-order valence-corrected chi connectivity index (χ2v) is 4.42. The molecule has 0 spiro atoms. The Bertz CT molecular complexity index is 385. The molecule has 1 N–H and O–H groups in total. The molecule has 1 fully saturated rings. The van der Waals surface area contributed by atoms with Gasteiger partial charge in [-0.2, -0.15) is 15.0 Å². The van der Waals surface area contributed by atoms with Gasteiger partial charge >= 0.3 is 6.01 Å². The summed E-state index contributed by atoms with van der Waals surface area (Å²) >= 11 is 5.81. The number of aromatic nitrogens is 3. The Labute approximate surface area is 111 Å². The van der Waals surface area contributed by atoms with Crippen LogP contribution in [0.2, 0.25) is 5.28 Å². The average molecular weight is 273 g/mol. The van der Waals surface area contributed by atoms with Gasteiger partial charge in [-0.1, -0.05) is 6.92 Å². The van der Waals surface area contributed by atoms with Crippen LogP contribution in [0, 0.1) is 0 Å². The lowest BCUT2D eigenvalue weighted by atomic mass is 10.2. The van der Waals surface area contributed by atoms with E-state index in [1.54, 1.807) is 0 Å². The number of nitrogens with zero attached hydrogens (tertiary/aromatic N) is 3. The maximum Gasteiger partial charge on any atom is 0.322 e. The summed E-state index contributed by atoms with van der Waals surface area (Å²) in [6.07, 6.45) is 3.21. The molecule has 1 aliphatic rings.